The van der Waals surface area contributed by atoms with Crippen LogP contribution in [0.2, 0.25) is 0 Å². The van der Waals surface area contributed by atoms with Crippen LogP contribution < -0.4 is 5.73 Å². The Kier molecular flexibility index (Phi) is 3.52. The summed E-state index contributed by atoms with van der Waals surface area (Å²) in [6.45, 7) is 8.21. The van der Waals surface area contributed by atoms with E-state index in [1.165, 1.54) is 0 Å². The summed E-state index contributed by atoms with van der Waals surface area (Å²) in [7, 11) is 0. The molecule has 0 aromatic rings. The maximum absolute atomic E-state index is 9.98. The topological polar surface area (TPSA) is 104 Å². The Hall–Kier alpha value is -1.63. The lowest BCUT2D eigenvalue weighted by Crippen LogP contribution is -2.45. The quantitative estimate of drug-likeness (QED) is 0.752. The van der Waals surface area contributed by atoms with Gasteiger partial charge in [0.2, 0.25) is 0 Å². The number of nitrogens with zero attached hydrogens (tertiary/aromatic N) is 3. The third-order valence-electron chi connectivity index (χ3n) is 5.28. The first-order valence-corrected chi connectivity index (χ1v) is 7.45. The van der Waals surface area contributed by atoms with E-state index in [0.717, 1.165) is 0 Å². The second kappa shape index (κ2) is 4.69. The zero-order valence-electron chi connectivity index (χ0n) is 13.1. The van der Waals surface area contributed by atoms with Crippen molar-refractivity contribution < 1.29 is 9.47 Å². The van der Waals surface area contributed by atoms with Gasteiger partial charge in [-0.15, -0.1) is 0 Å². The summed E-state index contributed by atoms with van der Waals surface area (Å²) in [6, 6.07) is 4.60. The van der Waals surface area contributed by atoms with Gasteiger partial charge in [-0.2, -0.15) is 10.5 Å². The lowest BCUT2D eigenvalue weighted by Gasteiger charge is -2.34. The summed E-state index contributed by atoms with van der Waals surface area (Å²) < 4.78 is 11.5. The number of hydrogen-bond donors (Lipinski definition) is 1. The van der Waals surface area contributed by atoms with Crippen molar-refractivity contribution in [2.75, 3.05) is 13.2 Å². The van der Waals surface area contributed by atoms with Crippen LogP contribution in [0.25, 0.3) is 0 Å². The van der Waals surface area contributed by atoms with E-state index in [-0.39, 0.29) is 5.84 Å². The molecule has 2 rings (SSSR count). The molecule has 1 aliphatic carbocycles. The summed E-state index contributed by atoms with van der Waals surface area (Å²) in [5, 5.41) is 19.8. The molecule has 2 N–H and O–H groups in total. The molecule has 1 heterocycles. The van der Waals surface area contributed by atoms with Crippen LogP contribution in [0.1, 0.15) is 40.5 Å². The highest BCUT2D eigenvalue weighted by Gasteiger charge is 2.99. The SMILES string of the molecule is CCOC1(OCC)N=C(N)[C@]2(C#N)C(CC)(CC)[C@]12C#N. The first-order valence-electron chi connectivity index (χ1n) is 7.45. The van der Waals surface area contributed by atoms with Gasteiger partial charge in [-0.1, -0.05) is 13.8 Å². The lowest BCUT2D eigenvalue weighted by atomic mass is 9.85. The van der Waals surface area contributed by atoms with Gasteiger partial charge in [-0.25, -0.2) is 4.99 Å². The molecule has 0 saturated heterocycles. The third-order valence-corrected chi connectivity index (χ3v) is 5.28. The smallest absolute Gasteiger partial charge is 0.293 e. The molecule has 1 aliphatic heterocycles. The summed E-state index contributed by atoms with van der Waals surface area (Å²) in [6.07, 6.45) is 1.28. The number of nitrogens with two attached hydrogens (primary N) is 1. The number of fused-ring (bicyclic) bond motifs is 1. The first kappa shape index (κ1) is 15.8. The summed E-state index contributed by atoms with van der Waals surface area (Å²) in [5.74, 6) is -1.31. The van der Waals surface area contributed by atoms with Crippen molar-refractivity contribution in [2.24, 2.45) is 27.0 Å². The van der Waals surface area contributed by atoms with Crippen molar-refractivity contribution in [1.82, 2.24) is 0 Å². The Morgan fingerprint density at radius 2 is 1.57 bits per heavy atom. The highest BCUT2D eigenvalue weighted by Crippen LogP contribution is 2.87. The minimum Gasteiger partial charge on any atom is -0.386 e. The van der Waals surface area contributed by atoms with Gasteiger partial charge in [0.15, 0.2) is 5.41 Å². The Balaban J connectivity index is 2.74. The highest BCUT2D eigenvalue weighted by molar-refractivity contribution is 6.00. The van der Waals surface area contributed by atoms with Crippen molar-refractivity contribution >= 4 is 5.84 Å². The molecule has 1 fully saturated rings. The molecular formula is C15H22N4O2. The summed E-state index contributed by atoms with van der Waals surface area (Å²) >= 11 is 0. The van der Waals surface area contributed by atoms with Crippen molar-refractivity contribution in [3.05, 3.63) is 0 Å². The van der Waals surface area contributed by atoms with Crippen molar-refractivity contribution in [3.8, 4) is 12.1 Å². The van der Waals surface area contributed by atoms with Crippen LogP contribution in [0.3, 0.4) is 0 Å². The van der Waals surface area contributed by atoms with E-state index in [2.05, 4.69) is 17.1 Å². The molecular weight excluding hydrogens is 268 g/mol. The van der Waals surface area contributed by atoms with E-state index in [0.29, 0.717) is 26.1 Å². The van der Waals surface area contributed by atoms with Gasteiger partial charge in [-0.3, -0.25) is 0 Å². The molecule has 0 unspecified atom stereocenters. The van der Waals surface area contributed by atoms with Gasteiger partial charge in [-0.05, 0) is 26.7 Å². The molecule has 6 nitrogen and oxygen atoms in total. The Labute approximate surface area is 125 Å². The highest BCUT2D eigenvalue weighted by atomic mass is 16.7. The van der Waals surface area contributed by atoms with E-state index in [9.17, 15) is 10.5 Å². The zero-order chi connectivity index (χ0) is 15.9. The van der Waals surface area contributed by atoms with Gasteiger partial charge in [0.1, 0.15) is 11.3 Å². The fourth-order valence-electron chi connectivity index (χ4n) is 4.53. The molecule has 0 radical (unpaired) electrons. The fraction of sp³-hybridized carbons (Fsp3) is 0.800. The summed E-state index contributed by atoms with van der Waals surface area (Å²) in [5.41, 5.74) is 3.22. The Bertz CT molecular complexity index is 549. The monoisotopic (exact) mass is 290 g/mol. The Morgan fingerprint density at radius 3 is 1.86 bits per heavy atom. The molecule has 0 aromatic heterocycles. The molecule has 0 bridgehead atoms. The number of nitriles is 2. The third kappa shape index (κ3) is 1.23. The van der Waals surface area contributed by atoms with Crippen molar-refractivity contribution in [3.63, 3.8) is 0 Å². The number of aliphatic imine (C=N–C) groups is 1. The number of hydrogen-bond acceptors (Lipinski definition) is 6. The van der Waals surface area contributed by atoms with Crippen molar-refractivity contribution in [1.29, 1.82) is 10.5 Å². The number of rotatable bonds is 6. The van der Waals surface area contributed by atoms with E-state index < -0.39 is 22.2 Å². The molecule has 21 heavy (non-hydrogen) atoms. The largest absolute Gasteiger partial charge is 0.386 e. The van der Waals surface area contributed by atoms with Crippen LogP contribution in [-0.2, 0) is 9.47 Å². The molecule has 2 atom stereocenters. The normalized spacial score (nSPS) is 34.5. The van der Waals surface area contributed by atoms with Crippen LogP contribution in [0.4, 0.5) is 0 Å². The van der Waals surface area contributed by atoms with Gasteiger partial charge in [0, 0.05) is 18.6 Å². The summed E-state index contributed by atoms with van der Waals surface area (Å²) in [4.78, 5) is 4.31. The molecule has 0 aromatic carbocycles. The van der Waals surface area contributed by atoms with Crippen LogP contribution in [0.5, 0.6) is 0 Å². The predicted molar refractivity (Wildman–Crippen MR) is 76.7 cm³/mol. The van der Waals surface area contributed by atoms with Crippen molar-refractivity contribution in [2.45, 2.75) is 46.4 Å². The minimum absolute atomic E-state index is 0.164. The fourth-order valence-corrected chi connectivity index (χ4v) is 4.53. The average Bonchev–Trinajstić information content (AvgIpc) is 2.97. The van der Waals surface area contributed by atoms with E-state index in [1.54, 1.807) is 0 Å². The molecule has 1 saturated carbocycles. The van der Waals surface area contributed by atoms with E-state index >= 15 is 0 Å². The minimum atomic E-state index is -1.48. The van der Waals surface area contributed by atoms with Crippen LogP contribution in [0, 0.1) is 38.9 Å². The zero-order valence-corrected chi connectivity index (χ0v) is 13.1. The number of ether oxygens (including phenoxy) is 2. The lowest BCUT2D eigenvalue weighted by molar-refractivity contribution is -0.261. The van der Waals surface area contributed by atoms with Crippen LogP contribution in [-0.4, -0.2) is 25.0 Å². The molecule has 0 amide bonds. The second-order valence-electron chi connectivity index (χ2n) is 5.46. The maximum Gasteiger partial charge on any atom is 0.293 e. The van der Waals surface area contributed by atoms with Gasteiger partial charge < -0.3 is 15.2 Å². The van der Waals surface area contributed by atoms with Gasteiger partial charge in [0.05, 0.1) is 12.1 Å². The van der Waals surface area contributed by atoms with Gasteiger partial charge >= 0.3 is 0 Å². The Morgan fingerprint density at radius 1 is 1.05 bits per heavy atom. The molecule has 2 aliphatic rings. The first-order chi connectivity index (χ1) is 9.99. The molecule has 6 heteroatoms. The van der Waals surface area contributed by atoms with E-state index in [4.69, 9.17) is 15.2 Å². The van der Waals surface area contributed by atoms with Gasteiger partial charge in [0.25, 0.3) is 5.91 Å². The molecule has 0 spiro atoms. The maximum atomic E-state index is 9.98. The van der Waals surface area contributed by atoms with Crippen LogP contribution >= 0.6 is 0 Å². The van der Waals surface area contributed by atoms with Crippen LogP contribution in [0.15, 0.2) is 4.99 Å². The standard InChI is InChI=1S/C15H22N4O2/c1-5-12(6-2)13(9-16)11(18)19-15(20-7-3,21-8-4)14(12,13)10-17/h5-8H2,1-4H3,(H2,18,19)/t13-,14+/m1/s1. The average molecular weight is 290 g/mol. The molecule has 114 valence electrons. The number of amidine groups is 1. The second-order valence-corrected chi connectivity index (χ2v) is 5.46. The van der Waals surface area contributed by atoms with E-state index in [1.807, 2.05) is 27.7 Å². The predicted octanol–water partition coefficient (Wildman–Crippen LogP) is 1.92.